The Hall–Kier alpha value is -2.80. The Balaban J connectivity index is 0.00000199. The van der Waals surface area contributed by atoms with Crippen LogP contribution in [0.4, 0.5) is 0 Å². The van der Waals surface area contributed by atoms with E-state index in [1.807, 2.05) is 19.9 Å². The molecule has 9 nitrogen and oxygen atoms in total. The zero-order valence-corrected chi connectivity index (χ0v) is 20.4. The molecule has 34 heavy (non-hydrogen) atoms. The minimum absolute atomic E-state index is 0.00293. The molecule has 3 rings (SSSR count). The van der Waals surface area contributed by atoms with Crippen LogP contribution in [-0.4, -0.2) is 52.9 Å². The first-order valence-electron chi connectivity index (χ1n) is 10.2. The number of nitrogens with zero attached hydrogens (tertiary/aromatic N) is 4. The summed E-state index contributed by atoms with van der Waals surface area (Å²) in [5, 5.41) is 37.8. The van der Waals surface area contributed by atoms with E-state index >= 15 is 0 Å². The maximum atomic E-state index is 9.80. The third-order valence-corrected chi connectivity index (χ3v) is 5.67. The van der Waals surface area contributed by atoms with Crippen LogP contribution in [0.25, 0.3) is 11.1 Å². The number of aromatic nitrogens is 2. The number of ether oxygens (including phenoxy) is 3. The summed E-state index contributed by atoms with van der Waals surface area (Å²) < 4.78 is 15.0. The number of allylic oxidation sites excluding steroid dienone is 1. The molecule has 1 aliphatic rings. The van der Waals surface area contributed by atoms with Gasteiger partial charge in [-0.15, -0.1) is 11.8 Å². The standard InChI is InChI=1S/C20H16BClN4O5S.C2H6/c1-11(31-20(21,27)28)7-30-16-3-2-13(6-25-16)17-14(4-23)18(22)26-19(15(17)5-24)32-10-12-8-29-9-12;1-2/h2-3,6-7,12,27-28H,8-10H2,1H3;1-2H3/b11-7+;. The highest BCUT2D eigenvalue weighted by atomic mass is 35.5. The highest BCUT2D eigenvalue weighted by molar-refractivity contribution is 7.99. The van der Waals surface area contributed by atoms with Crippen molar-refractivity contribution in [3.8, 4) is 29.1 Å². The number of pyridine rings is 2. The summed E-state index contributed by atoms with van der Waals surface area (Å²) in [6.07, 6.45) is 2.51. The molecule has 0 saturated carbocycles. The Kier molecular flexibility index (Phi) is 10.2. The molecular formula is C22H22BClN4O5S. The molecule has 2 radical (unpaired) electrons. The summed E-state index contributed by atoms with van der Waals surface area (Å²) in [6.45, 7) is 6.73. The third-order valence-electron chi connectivity index (χ3n) is 4.19. The molecule has 0 atom stereocenters. The zero-order chi connectivity index (χ0) is 25.3. The first-order valence-corrected chi connectivity index (χ1v) is 11.5. The maximum Gasteiger partial charge on any atom is 0.259 e. The summed E-state index contributed by atoms with van der Waals surface area (Å²) in [7, 11) is 4.92. The summed E-state index contributed by atoms with van der Waals surface area (Å²) in [4.78, 5) is 8.40. The molecule has 0 aliphatic carbocycles. The Bertz CT molecular complexity index is 1110. The molecule has 176 valence electrons. The van der Waals surface area contributed by atoms with Gasteiger partial charge in [0.05, 0.1) is 24.3 Å². The van der Waals surface area contributed by atoms with Crippen LogP contribution in [0.15, 0.2) is 35.4 Å². The van der Waals surface area contributed by atoms with Crippen LogP contribution < -0.4 is 4.74 Å². The predicted molar refractivity (Wildman–Crippen MR) is 127 cm³/mol. The van der Waals surface area contributed by atoms with Gasteiger partial charge in [-0.3, -0.25) is 0 Å². The van der Waals surface area contributed by atoms with Gasteiger partial charge >= 0.3 is 0 Å². The smallest absolute Gasteiger partial charge is 0.259 e. The van der Waals surface area contributed by atoms with Crippen molar-refractivity contribution < 1.29 is 24.4 Å². The van der Waals surface area contributed by atoms with Crippen molar-refractivity contribution >= 4 is 31.2 Å². The minimum Gasteiger partial charge on any atom is -0.450 e. The minimum atomic E-state index is -2.83. The van der Waals surface area contributed by atoms with Crippen LogP contribution in [0.5, 0.6) is 5.88 Å². The quantitative estimate of drug-likeness (QED) is 0.182. The highest BCUT2D eigenvalue weighted by Crippen LogP contribution is 2.37. The fraction of sp³-hybridized carbons (Fsp3) is 0.364. The van der Waals surface area contributed by atoms with Gasteiger partial charge in [0, 0.05) is 35.1 Å². The lowest BCUT2D eigenvalue weighted by atomic mass is 9.99. The molecule has 2 aromatic heterocycles. The molecule has 0 amide bonds. The molecule has 1 fully saturated rings. The van der Waals surface area contributed by atoms with Gasteiger partial charge in [-0.25, -0.2) is 9.97 Å². The molecular weight excluding hydrogens is 479 g/mol. The molecule has 0 unspecified atom stereocenters. The lowest BCUT2D eigenvalue weighted by molar-refractivity contribution is -0.255. The van der Waals surface area contributed by atoms with E-state index in [-0.39, 0.29) is 27.9 Å². The van der Waals surface area contributed by atoms with Crippen LogP contribution >= 0.6 is 23.4 Å². The van der Waals surface area contributed by atoms with Gasteiger partial charge in [-0.1, -0.05) is 25.4 Å². The monoisotopic (exact) mass is 500 g/mol. The van der Waals surface area contributed by atoms with Crippen molar-refractivity contribution in [2.24, 2.45) is 5.92 Å². The number of rotatable bonds is 8. The normalized spacial score (nSPS) is 13.6. The molecule has 1 aliphatic heterocycles. The highest BCUT2D eigenvalue weighted by Gasteiger charge is 2.24. The molecule has 3 heterocycles. The summed E-state index contributed by atoms with van der Waals surface area (Å²) in [5.74, 6) is -1.60. The number of hydrogen-bond donors (Lipinski definition) is 2. The molecule has 0 bridgehead atoms. The summed E-state index contributed by atoms with van der Waals surface area (Å²) in [5.41, 5.74) is 1.13. The van der Waals surface area contributed by atoms with Crippen LogP contribution in [0, 0.1) is 28.6 Å². The number of hydrogen-bond acceptors (Lipinski definition) is 10. The average molecular weight is 501 g/mol. The zero-order valence-electron chi connectivity index (χ0n) is 18.8. The molecule has 1 saturated heterocycles. The van der Waals surface area contributed by atoms with Crippen LogP contribution in [0.1, 0.15) is 31.9 Å². The topological polar surface area (TPSA) is 142 Å². The van der Waals surface area contributed by atoms with Crippen molar-refractivity contribution in [1.29, 1.82) is 10.5 Å². The third kappa shape index (κ3) is 7.35. The van der Waals surface area contributed by atoms with Gasteiger partial charge in [0.1, 0.15) is 34.3 Å². The second-order valence-electron chi connectivity index (χ2n) is 6.76. The van der Waals surface area contributed by atoms with E-state index in [4.69, 9.17) is 39.1 Å². The van der Waals surface area contributed by atoms with Crippen molar-refractivity contribution in [1.82, 2.24) is 9.97 Å². The molecule has 2 aromatic rings. The molecule has 12 heteroatoms. The molecule has 0 spiro atoms. The maximum absolute atomic E-state index is 9.80. The largest absolute Gasteiger partial charge is 0.450 e. The molecule has 2 N–H and O–H groups in total. The average Bonchev–Trinajstić information content (AvgIpc) is 2.77. The van der Waals surface area contributed by atoms with Gasteiger partial charge in [-0.2, -0.15) is 10.5 Å². The van der Waals surface area contributed by atoms with Crippen LogP contribution in [0.3, 0.4) is 0 Å². The molecule has 0 aromatic carbocycles. The fourth-order valence-electron chi connectivity index (χ4n) is 2.71. The predicted octanol–water partition coefficient (Wildman–Crippen LogP) is 3.33. The van der Waals surface area contributed by atoms with Gasteiger partial charge < -0.3 is 24.4 Å². The van der Waals surface area contributed by atoms with Crippen molar-refractivity contribution in [3.63, 3.8) is 0 Å². The summed E-state index contributed by atoms with van der Waals surface area (Å²) in [6, 6.07) is 7.25. The van der Waals surface area contributed by atoms with E-state index in [0.29, 0.717) is 41.0 Å². The second kappa shape index (κ2) is 12.6. The first kappa shape index (κ1) is 27.4. The van der Waals surface area contributed by atoms with E-state index in [9.17, 15) is 10.5 Å². The van der Waals surface area contributed by atoms with E-state index in [2.05, 4.69) is 20.8 Å². The SMILES string of the molecule is CC.[B]C(O)(O)O/C(C)=C/Oc1ccc(-c2c(C#N)c(Cl)nc(SCC3COC3)c2C#N)cn1. The number of thioether (sulfide) groups is 1. The Labute approximate surface area is 208 Å². The number of aliphatic hydroxyl groups is 2. The van der Waals surface area contributed by atoms with E-state index in [1.54, 1.807) is 6.07 Å². The number of halogens is 1. The lowest BCUT2D eigenvalue weighted by Gasteiger charge is -2.25. The van der Waals surface area contributed by atoms with Crippen molar-refractivity contribution in [2.45, 2.75) is 31.7 Å². The van der Waals surface area contributed by atoms with E-state index in [1.165, 1.54) is 30.9 Å². The summed E-state index contributed by atoms with van der Waals surface area (Å²) >= 11 is 7.64. The van der Waals surface area contributed by atoms with E-state index in [0.717, 1.165) is 6.26 Å². The Morgan fingerprint density at radius 2 is 2.00 bits per heavy atom. The first-order chi connectivity index (χ1) is 16.2. The second-order valence-corrected chi connectivity index (χ2v) is 8.13. The van der Waals surface area contributed by atoms with Crippen molar-refractivity contribution in [3.05, 3.63) is 46.6 Å². The van der Waals surface area contributed by atoms with Gasteiger partial charge in [0.15, 0.2) is 0 Å². The lowest BCUT2D eigenvalue weighted by Crippen LogP contribution is -2.31. The van der Waals surface area contributed by atoms with Gasteiger partial charge in [0.2, 0.25) is 13.7 Å². The van der Waals surface area contributed by atoms with Crippen LogP contribution in [0.2, 0.25) is 5.15 Å². The van der Waals surface area contributed by atoms with E-state index < -0.39 is 5.87 Å². The van der Waals surface area contributed by atoms with Gasteiger partial charge in [-0.05, 0) is 13.0 Å². The Morgan fingerprint density at radius 3 is 2.50 bits per heavy atom. The van der Waals surface area contributed by atoms with Gasteiger partial charge in [0.25, 0.3) is 5.87 Å². The number of nitriles is 2. The Morgan fingerprint density at radius 1 is 1.32 bits per heavy atom. The fourth-order valence-corrected chi connectivity index (χ4v) is 4.02. The van der Waals surface area contributed by atoms with Crippen molar-refractivity contribution in [2.75, 3.05) is 19.0 Å². The van der Waals surface area contributed by atoms with Crippen LogP contribution in [-0.2, 0) is 9.47 Å².